The van der Waals surface area contributed by atoms with Gasteiger partial charge in [0.25, 0.3) is 0 Å². The van der Waals surface area contributed by atoms with Gasteiger partial charge in [-0.05, 0) is 83.1 Å². The van der Waals surface area contributed by atoms with E-state index < -0.39 is 183 Å². The van der Waals surface area contributed by atoms with E-state index in [2.05, 4.69) is 52.8 Å². The fraction of sp³-hybridized carbons (Fsp3) is 0.694. The van der Waals surface area contributed by atoms with Gasteiger partial charge in [0.1, 0.15) is 48.3 Å². The molecule has 2 saturated heterocycles. The number of aliphatic hydroxyl groups excluding tert-OH is 1. The number of carboxylic acid groups (broad SMARTS) is 2. The molecule has 0 saturated carbocycles. The van der Waals surface area contributed by atoms with E-state index in [-0.39, 0.29) is 70.8 Å². The molecule has 9 atom stereocenters. The maximum Gasteiger partial charge on any atom is 0.326 e. The van der Waals surface area contributed by atoms with Crippen molar-refractivity contribution in [3.05, 3.63) is 0 Å². The van der Waals surface area contributed by atoms with Crippen LogP contribution in [-0.2, 0) is 67.1 Å². The van der Waals surface area contributed by atoms with Crippen LogP contribution in [0.25, 0.3) is 0 Å². The minimum atomic E-state index is -1.54. The molecule has 0 radical (unpaired) electrons. The number of carbonyl (C=O) groups excluding carboxylic acids is 12. The van der Waals surface area contributed by atoms with Crippen molar-refractivity contribution in [2.45, 2.75) is 152 Å². The summed E-state index contributed by atoms with van der Waals surface area (Å²) in [4.78, 5) is 187. The van der Waals surface area contributed by atoms with Gasteiger partial charge in [0.05, 0.1) is 32.8 Å². The monoisotopic (exact) mass is 1180 g/mol. The van der Waals surface area contributed by atoms with Crippen molar-refractivity contribution in [3.63, 3.8) is 0 Å². The number of nitrogens with zero attached hydrogens (tertiary/aromatic N) is 3. The van der Waals surface area contributed by atoms with Crippen LogP contribution >= 0.6 is 0 Å². The van der Waals surface area contributed by atoms with E-state index in [0.29, 0.717) is 38.5 Å². The van der Waals surface area contributed by atoms with E-state index in [9.17, 15) is 82.4 Å². The Morgan fingerprint density at radius 3 is 1.58 bits per heavy atom. The molecule has 0 aliphatic carbocycles. The molecular formula is C49H83N17O17. The highest BCUT2D eigenvalue weighted by Gasteiger charge is 2.39. The maximum atomic E-state index is 13.9. The number of rotatable bonds is 38. The van der Waals surface area contributed by atoms with Crippen molar-refractivity contribution >= 4 is 88.8 Å². The van der Waals surface area contributed by atoms with E-state index in [4.69, 9.17) is 28.7 Å². The van der Waals surface area contributed by atoms with Gasteiger partial charge in [-0.3, -0.25) is 67.3 Å². The maximum absolute atomic E-state index is 13.9. The lowest BCUT2D eigenvalue weighted by Crippen LogP contribution is -2.58. The lowest BCUT2D eigenvalue weighted by molar-refractivity contribution is -0.143. The number of aliphatic hydroxyl groups is 1. The molecule has 0 aromatic carbocycles. The van der Waals surface area contributed by atoms with Gasteiger partial charge < -0.3 is 102 Å². The molecule has 22 N–H and O–H groups in total. The molecule has 34 nitrogen and oxygen atoms in total. The van der Waals surface area contributed by atoms with Crippen molar-refractivity contribution in [1.29, 1.82) is 0 Å². The largest absolute Gasteiger partial charge is 0.481 e. The molecule has 0 aromatic rings. The second-order valence-electron chi connectivity index (χ2n) is 19.8. The fourth-order valence-corrected chi connectivity index (χ4v) is 8.81. The Morgan fingerprint density at radius 1 is 0.566 bits per heavy atom. The molecule has 0 spiro atoms. The smallest absolute Gasteiger partial charge is 0.326 e. The first-order valence-corrected chi connectivity index (χ1v) is 27.3. The number of amides is 12. The summed E-state index contributed by atoms with van der Waals surface area (Å²) >= 11 is 0. The minimum Gasteiger partial charge on any atom is -0.481 e. The summed E-state index contributed by atoms with van der Waals surface area (Å²) in [5.74, 6) is -13.8. The Labute approximate surface area is 478 Å². The lowest BCUT2D eigenvalue weighted by Gasteiger charge is -2.27. The van der Waals surface area contributed by atoms with Crippen molar-refractivity contribution < 1.29 is 82.4 Å². The molecule has 2 heterocycles. The summed E-state index contributed by atoms with van der Waals surface area (Å²) in [5, 5.41) is 50.2. The zero-order valence-corrected chi connectivity index (χ0v) is 46.7. The summed E-state index contributed by atoms with van der Waals surface area (Å²) in [5.41, 5.74) is 27.1. The normalized spacial score (nSPS) is 17.1. The van der Waals surface area contributed by atoms with Crippen LogP contribution in [-0.4, -0.2) is 221 Å². The molecule has 2 fully saturated rings. The lowest BCUT2D eigenvalue weighted by atomic mass is 9.97. The third-order valence-corrected chi connectivity index (χ3v) is 13.6. The number of carbonyl (C=O) groups is 14. The van der Waals surface area contributed by atoms with E-state index in [1.807, 2.05) is 0 Å². The first-order chi connectivity index (χ1) is 39.3. The quantitative estimate of drug-likeness (QED) is 0.0155. The van der Waals surface area contributed by atoms with E-state index in [0.717, 1.165) is 4.90 Å². The molecule has 12 amide bonds. The second-order valence-corrected chi connectivity index (χ2v) is 19.8. The number of aliphatic carboxylic acids is 2. The Kier molecular flexibility index (Phi) is 31.5. The fourth-order valence-electron chi connectivity index (χ4n) is 8.81. The number of primary amides is 1. The van der Waals surface area contributed by atoms with Crippen LogP contribution in [0.5, 0.6) is 0 Å². The van der Waals surface area contributed by atoms with Crippen LogP contribution in [0.3, 0.4) is 0 Å². The van der Waals surface area contributed by atoms with Crippen molar-refractivity contribution in [3.8, 4) is 0 Å². The third kappa shape index (κ3) is 25.2. The van der Waals surface area contributed by atoms with Crippen LogP contribution in [0, 0.1) is 5.92 Å². The summed E-state index contributed by atoms with van der Waals surface area (Å²) in [6, 6.07) is -10.8. The minimum absolute atomic E-state index is 0.00398. The number of unbranched alkanes of at least 4 members (excludes halogenated alkanes) is 1. The molecule has 2 rings (SSSR count). The number of carboxylic acids is 2. The van der Waals surface area contributed by atoms with Gasteiger partial charge in [-0.25, -0.2) is 4.79 Å². The highest BCUT2D eigenvalue weighted by Crippen LogP contribution is 2.19. The number of aliphatic imine (C=N–C) groups is 1. The number of nitrogens with two attached hydrogens (primary N) is 5. The average Bonchev–Trinajstić information content (AvgIpc) is 4.28. The number of hydrogen-bond donors (Lipinski definition) is 17. The highest BCUT2D eigenvalue weighted by atomic mass is 16.4. The third-order valence-electron chi connectivity index (χ3n) is 13.6. The summed E-state index contributed by atoms with van der Waals surface area (Å²) < 4.78 is 0. The molecule has 0 unspecified atom stereocenters. The van der Waals surface area contributed by atoms with Gasteiger partial charge >= 0.3 is 11.9 Å². The summed E-state index contributed by atoms with van der Waals surface area (Å²) in [6.45, 7) is 0.439. The van der Waals surface area contributed by atoms with E-state index in [1.165, 1.54) is 4.90 Å². The van der Waals surface area contributed by atoms with Crippen LogP contribution in [0.2, 0.25) is 0 Å². The van der Waals surface area contributed by atoms with Crippen molar-refractivity contribution in [2.75, 3.05) is 59.0 Å². The Bertz CT molecular complexity index is 2340. The number of guanidine groups is 1. The molecule has 34 heteroatoms. The summed E-state index contributed by atoms with van der Waals surface area (Å²) in [7, 11) is 0. The molecule has 0 bridgehead atoms. The number of hydrogen-bond acceptors (Lipinski definition) is 18. The van der Waals surface area contributed by atoms with E-state index >= 15 is 0 Å². The van der Waals surface area contributed by atoms with Crippen LogP contribution in [0.15, 0.2) is 4.99 Å². The predicted molar refractivity (Wildman–Crippen MR) is 291 cm³/mol. The first-order valence-electron chi connectivity index (χ1n) is 27.3. The summed E-state index contributed by atoms with van der Waals surface area (Å²) in [6.07, 6.45) is 0.498. The van der Waals surface area contributed by atoms with Gasteiger partial charge in [0.15, 0.2) is 5.96 Å². The predicted octanol–water partition coefficient (Wildman–Crippen LogP) is -8.38. The molecule has 2 aliphatic rings. The Hall–Kier alpha value is -8.27. The molecule has 83 heavy (non-hydrogen) atoms. The van der Waals surface area contributed by atoms with E-state index in [1.54, 1.807) is 13.8 Å². The molecule has 2 aliphatic heterocycles. The van der Waals surface area contributed by atoms with Gasteiger partial charge in [0, 0.05) is 32.5 Å². The zero-order valence-electron chi connectivity index (χ0n) is 46.7. The molecule has 0 aromatic heterocycles. The van der Waals surface area contributed by atoms with Crippen LogP contribution < -0.4 is 76.5 Å². The Balaban J connectivity index is 2.15. The first kappa shape index (κ1) is 70.8. The average molecular weight is 1180 g/mol. The van der Waals surface area contributed by atoms with Gasteiger partial charge in [-0.1, -0.05) is 20.3 Å². The molecule has 466 valence electrons. The van der Waals surface area contributed by atoms with Gasteiger partial charge in [-0.15, -0.1) is 0 Å². The van der Waals surface area contributed by atoms with Crippen LogP contribution in [0.1, 0.15) is 104 Å². The topological polar surface area (TPSA) is 557 Å². The number of likely N-dealkylation sites (tertiary alicyclic amines) is 2. The second kappa shape index (κ2) is 37.0. The van der Waals surface area contributed by atoms with Gasteiger partial charge in [-0.2, -0.15) is 0 Å². The zero-order chi connectivity index (χ0) is 62.3. The van der Waals surface area contributed by atoms with Crippen LogP contribution in [0.4, 0.5) is 0 Å². The highest BCUT2D eigenvalue weighted by molar-refractivity contribution is 5.98. The Morgan fingerprint density at radius 2 is 1.06 bits per heavy atom. The van der Waals surface area contributed by atoms with Gasteiger partial charge in [0.2, 0.25) is 70.9 Å². The van der Waals surface area contributed by atoms with Crippen molar-refractivity contribution in [1.82, 2.24) is 57.7 Å². The molecular weight excluding hydrogens is 1100 g/mol. The standard InChI is InChI=1S/C49H83N17O17/c1-3-26(2)40(47(81)61-27(10-6-18-55-49(53)54)41(75)56-22-35(69)59-29(14-16-39(73)74)44(78)62-30(48(82)83)9-4-5-17-50)64-36(70)23-57-42(76)28(13-15-34(52)68)60-45(79)33-12-8-20-66(33)38(72)24-58-43(77)31(25-67)63-46(80)32-11-7-19-65(32)37(71)21-51/h26-33,40,67H,3-25,50-51H2,1-2H3,(H2,52,68)(H,56,75)(H,57,76)(H,58,77)(H,59,69)(H,60,79)(H,61,81)(H,62,78)(H,63,80)(H,64,70)(H,73,74)(H,82,83)(H4,53,54,55)/t26-,27-,28-,29-,30-,31-,32-,33-,40-/m0/s1. The SMILES string of the molecule is CC[C@H](C)[C@H](NC(=O)CNC(=O)[C@H](CCC(N)=O)NC(=O)[C@@H]1CCCN1C(=O)CNC(=O)[C@H](CO)NC(=O)[C@@H]1CCCN1C(=O)CN)C(=O)N[C@@H](CCCN=C(N)N)C(=O)NCC(=O)N[C@@H](CCC(=O)O)C(=O)N[C@@H](CCCCN)C(=O)O. The number of nitrogens with one attached hydrogen (secondary N) is 9. The van der Waals surface area contributed by atoms with Crippen molar-refractivity contribution in [2.24, 2.45) is 39.6 Å².